The molecular weight excluding hydrogens is 232 g/mol. The summed E-state index contributed by atoms with van der Waals surface area (Å²) in [5, 5.41) is 3.49. The number of benzene rings is 1. The summed E-state index contributed by atoms with van der Waals surface area (Å²) < 4.78 is 0. The van der Waals surface area contributed by atoms with Gasteiger partial charge in [0.15, 0.2) is 0 Å². The highest BCUT2D eigenvalue weighted by Gasteiger charge is 2.19. The Kier molecular flexibility index (Phi) is 6.53. The molecule has 0 heterocycles. The number of nitrogens with one attached hydrogen (secondary N) is 1. The minimum Gasteiger partial charge on any atom is -0.330 e. The molecule has 1 rings (SSSR count). The molecule has 0 aliphatic rings. The standard InChI is InChI=1S/C17H30N2/c1-14(2)12-15-6-8-16(9-7-15)17(3,4)13-19-11-5-10-18/h6-9,14,19H,5,10-13,18H2,1-4H3. The zero-order valence-corrected chi connectivity index (χ0v) is 13.0. The molecule has 0 saturated heterocycles. The first-order chi connectivity index (χ1) is 8.95. The fraction of sp³-hybridized carbons (Fsp3) is 0.647. The minimum absolute atomic E-state index is 0.172. The van der Waals surface area contributed by atoms with Crippen molar-refractivity contribution >= 4 is 0 Å². The van der Waals surface area contributed by atoms with Gasteiger partial charge in [-0.15, -0.1) is 0 Å². The molecule has 0 aliphatic carbocycles. The van der Waals surface area contributed by atoms with Crippen molar-refractivity contribution < 1.29 is 0 Å². The summed E-state index contributed by atoms with van der Waals surface area (Å²) in [4.78, 5) is 0. The molecule has 0 radical (unpaired) electrons. The molecule has 0 amide bonds. The van der Waals surface area contributed by atoms with E-state index in [4.69, 9.17) is 5.73 Å². The Labute approximate surface area is 118 Å². The summed E-state index contributed by atoms with van der Waals surface area (Å²) in [5.74, 6) is 0.719. The largest absolute Gasteiger partial charge is 0.330 e. The van der Waals surface area contributed by atoms with Crippen molar-refractivity contribution in [3.8, 4) is 0 Å². The van der Waals surface area contributed by atoms with Crippen molar-refractivity contribution in [3.63, 3.8) is 0 Å². The fourth-order valence-corrected chi connectivity index (χ4v) is 2.29. The molecule has 2 nitrogen and oxygen atoms in total. The second kappa shape index (κ2) is 7.66. The van der Waals surface area contributed by atoms with Crippen LogP contribution in [0.1, 0.15) is 45.2 Å². The molecule has 0 atom stereocenters. The van der Waals surface area contributed by atoms with Gasteiger partial charge in [0.2, 0.25) is 0 Å². The van der Waals surface area contributed by atoms with Crippen molar-refractivity contribution in [3.05, 3.63) is 35.4 Å². The highest BCUT2D eigenvalue weighted by Crippen LogP contribution is 2.23. The van der Waals surface area contributed by atoms with Gasteiger partial charge in [-0.3, -0.25) is 0 Å². The Hall–Kier alpha value is -0.860. The predicted octanol–water partition coefficient (Wildman–Crippen LogP) is 3.10. The van der Waals surface area contributed by atoms with Crippen LogP contribution in [0.25, 0.3) is 0 Å². The van der Waals surface area contributed by atoms with Crippen LogP contribution in [-0.2, 0) is 11.8 Å². The maximum Gasteiger partial charge on any atom is 0.00431 e. The van der Waals surface area contributed by atoms with Crippen LogP contribution in [0.15, 0.2) is 24.3 Å². The number of nitrogens with two attached hydrogens (primary N) is 1. The lowest BCUT2D eigenvalue weighted by molar-refractivity contribution is 0.467. The van der Waals surface area contributed by atoms with E-state index >= 15 is 0 Å². The van der Waals surface area contributed by atoms with E-state index in [-0.39, 0.29) is 5.41 Å². The molecule has 1 aromatic carbocycles. The average Bonchev–Trinajstić information content (AvgIpc) is 2.35. The smallest absolute Gasteiger partial charge is 0.00431 e. The van der Waals surface area contributed by atoms with Crippen molar-refractivity contribution in [1.29, 1.82) is 0 Å². The molecule has 0 saturated carbocycles. The van der Waals surface area contributed by atoms with Gasteiger partial charge in [0, 0.05) is 12.0 Å². The van der Waals surface area contributed by atoms with Crippen molar-refractivity contribution in [1.82, 2.24) is 5.32 Å². The van der Waals surface area contributed by atoms with Crippen LogP contribution in [-0.4, -0.2) is 19.6 Å². The Bertz CT molecular complexity index is 352. The molecule has 0 aromatic heterocycles. The highest BCUT2D eigenvalue weighted by atomic mass is 14.9. The van der Waals surface area contributed by atoms with Crippen LogP contribution in [0, 0.1) is 5.92 Å². The van der Waals surface area contributed by atoms with E-state index in [2.05, 4.69) is 57.3 Å². The molecule has 0 bridgehead atoms. The van der Waals surface area contributed by atoms with Crippen LogP contribution in [0.2, 0.25) is 0 Å². The summed E-state index contributed by atoms with van der Waals surface area (Å²) in [6, 6.07) is 9.11. The summed E-state index contributed by atoms with van der Waals surface area (Å²) in [7, 11) is 0. The van der Waals surface area contributed by atoms with Gasteiger partial charge in [0.1, 0.15) is 0 Å². The first-order valence-corrected chi connectivity index (χ1v) is 7.46. The molecular formula is C17H30N2. The van der Waals surface area contributed by atoms with Crippen molar-refractivity contribution in [2.75, 3.05) is 19.6 Å². The third-order valence-electron chi connectivity index (χ3n) is 3.50. The molecule has 2 heteroatoms. The van der Waals surface area contributed by atoms with Gasteiger partial charge >= 0.3 is 0 Å². The minimum atomic E-state index is 0.172. The normalized spacial score (nSPS) is 12.1. The Balaban J connectivity index is 2.57. The lowest BCUT2D eigenvalue weighted by atomic mass is 9.84. The second-order valence-corrected chi connectivity index (χ2v) is 6.50. The maximum atomic E-state index is 5.51. The molecule has 0 fully saturated rings. The maximum absolute atomic E-state index is 5.51. The van der Waals surface area contributed by atoms with E-state index < -0.39 is 0 Å². The van der Waals surface area contributed by atoms with Crippen LogP contribution in [0.5, 0.6) is 0 Å². The van der Waals surface area contributed by atoms with Gasteiger partial charge < -0.3 is 11.1 Å². The van der Waals surface area contributed by atoms with Gasteiger partial charge in [-0.2, -0.15) is 0 Å². The molecule has 0 unspecified atom stereocenters. The van der Waals surface area contributed by atoms with E-state index in [0.29, 0.717) is 0 Å². The van der Waals surface area contributed by atoms with E-state index in [1.165, 1.54) is 11.1 Å². The van der Waals surface area contributed by atoms with Gasteiger partial charge in [-0.1, -0.05) is 52.0 Å². The predicted molar refractivity (Wildman–Crippen MR) is 84.6 cm³/mol. The Morgan fingerprint density at radius 2 is 1.79 bits per heavy atom. The summed E-state index contributed by atoms with van der Waals surface area (Å²) in [6.45, 7) is 11.9. The van der Waals surface area contributed by atoms with Crippen LogP contribution in [0.3, 0.4) is 0 Å². The number of hydrogen-bond acceptors (Lipinski definition) is 2. The zero-order valence-electron chi connectivity index (χ0n) is 13.0. The quantitative estimate of drug-likeness (QED) is 0.707. The first kappa shape index (κ1) is 16.2. The molecule has 108 valence electrons. The Morgan fingerprint density at radius 1 is 1.16 bits per heavy atom. The van der Waals surface area contributed by atoms with Crippen LogP contribution < -0.4 is 11.1 Å². The lowest BCUT2D eigenvalue weighted by Gasteiger charge is -2.26. The summed E-state index contributed by atoms with van der Waals surface area (Å²) >= 11 is 0. The summed E-state index contributed by atoms with van der Waals surface area (Å²) in [6.07, 6.45) is 2.21. The van der Waals surface area contributed by atoms with Gasteiger partial charge in [0.25, 0.3) is 0 Å². The van der Waals surface area contributed by atoms with E-state index in [1.54, 1.807) is 0 Å². The van der Waals surface area contributed by atoms with E-state index in [1.807, 2.05) is 0 Å². The first-order valence-electron chi connectivity index (χ1n) is 7.46. The third-order valence-corrected chi connectivity index (χ3v) is 3.50. The summed E-state index contributed by atoms with van der Waals surface area (Å²) in [5.41, 5.74) is 8.52. The van der Waals surface area contributed by atoms with Gasteiger partial charge in [0.05, 0.1) is 0 Å². The van der Waals surface area contributed by atoms with E-state index in [9.17, 15) is 0 Å². The van der Waals surface area contributed by atoms with Crippen LogP contribution in [0.4, 0.5) is 0 Å². The molecule has 3 N–H and O–H groups in total. The lowest BCUT2D eigenvalue weighted by Crippen LogP contribution is -2.34. The van der Waals surface area contributed by atoms with Crippen LogP contribution >= 0.6 is 0 Å². The van der Waals surface area contributed by atoms with Gasteiger partial charge in [-0.25, -0.2) is 0 Å². The SMILES string of the molecule is CC(C)Cc1ccc(C(C)(C)CNCCCN)cc1. The zero-order chi connectivity index (χ0) is 14.3. The Morgan fingerprint density at radius 3 is 2.32 bits per heavy atom. The average molecular weight is 262 g/mol. The van der Waals surface area contributed by atoms with Crippen molar-refractivity contribution in [2.45, 2.75) is 46.0 Å². The molecule has 0 spiro atoms. The molecule has 1 aromatic rings. The van der Waals surface area contributed by atoms with E-state index in [0.717, 1.165) is 38.4 Å². The second-order valence-electron chi connectivity index (χ2n) is 6.50. The molecule has 0 aliphatic heterocycles. The number of hydrogen-bond donors (Lipinski definition) is 2. The fourth-order valence-electron chi connectivity index (χ4n) is 2.29. The topological polar surface area (TPSA) is 38.0 Å². The molecule has 19 heavy (non-hydrogen) atoms. The van der Waals surface area contributed by atoms with Crippen molar-refractivity contribution in [2.24, 2.45) is 11.7 Å². The monoisotopic (exact) mass is 262 g/mol. The van der Waals surface area contributed by atoms with Gasteiger partial charge in [-0.05, 0) is 43.0 Å². The highest BCUT2D eigenvalue weighted by molar-refractivity contribution is 5.28. The number of rotatable bonds is 8. The third kappa shape index (κ3) is 5.75.